The van der Waals surface area contributed by atoms with Crippen molar-refractivity contribution in [2.75, 3.05) is 25.1 Å². The van der Waals surface area contributed by atoms with E-state index in [4.69, 9.17) is 11.6 Å². The number of aryl methyl sites for hydroxylation is 2. The molecule has 20 heavy (non-hydrogen) atoms. The molecule has 1 aromatic heterocycles. The van der Waals surface area contributed by atoms with Crippen LogP contribution in [0.25, 0.3) is 0 Å². The number of halogens is 1. The number of nitrogens with one attached hydrogen (secondary N) is 1. The molecule has 1 aromatic rings. The Morgan fingerprint density at radius 2 is 2.25 bits per heavy atom. The molecule has 0 radical (unpaired) electrons. The van der Waals surface area contributed by atoms with Gasteiger partial charge in [-0.05, 0) is 45.2 Å². The first-order chi connectivity index (χ1) is 9.34. The van der Waals surface area contributed by atoms with Crippen LogP contribution in [0.2, 0.25) is 5.02 Å². The molecule has 1 aliphatic heterocycles. The monoisotopic (exact) mass is 319 g/mol. The zero-order valence-electron chi connectivity index (χ0n) is 12.2. The second-order valence-corrected chi connectivity index (χ2v) is 8.26. The third-order valence-corrected chi connectivity index (χ3v) is 6.40. The third-order valence-electron chi connectivity index (χ3n) is 4.12. The van der Waals surface area contributed by atoms with Gasteiger partial charge in [0.25, 0.3) is 0 Å². The van der Waals surface area contributed by atoms with Gasteiger partial charge in [-0.3, -0.25) is 4.68 Å². The van der Waals surface area contributed by atoms with E-state index in [0.29, 0.717) is 16.5 Å². The third kappa shape index (κ3) is 3.35. The van der Waals surface area contributed by atoms with E-state index < -0.39 is 9.84 Å². The van der Waals surface area contributed by atoms with Crippen molar-refractivity contribution in [1.82, 2.24) is 15.1 Å². The number of nitrogens with zero attached hydrogens (tertiary/aromatic N) is 2. The number of rotatable bonds is 5. The molecule has 5 nitrogen and oxygen atoms in total. The molecule has 2 unspecified atom stereocenters. The summed E-state index contributed by atoms with van der Waals surface area (Å²) in [6.07, 6.45) is 1.51. The molecule has 2 atom stereocenters. The fraction of sp³-hybridized carbons (Fsp3) is 0.769. The van der Waals surface area contributed by atoms with Gasteiger partial charge in [-0.1, -0.05) is 11.6 Å². The average Bonchev–Trinajstić information content (AvgIpc) is 2.83. The van der Waals surface area contributed by atoms with Crippen molar-refractivity contribution < 1.29 is 8.42 Å². The molecule has 7 heteroatoms. The van der Waals surface area contributed by atoms with Crippen LogP contribution >= 0.6 is 11.6 Å². The van der Waals surface area contributed by atoms with E-state index in [9.17, 15) is 8.42 Å². The van der Waals surface area contributed by atoms with E-state index >= 15 is 0 Å². The lowest BCUT2D eigenvalue weighted by molar-refractivity contribution is 0.345. The van der Waals surface area contributed by atoms with E-state index in [0.717, 1.165) is 30.8 Å². The second-order valence-electron chi connectivity index (χ2n) is 5.65. The van der Waals surface area contributed by atoms with Crippen LogP contribution in [0.4, 0.5) is 0 Å². The molecular weight excluding hydrogens is 298 g/mol. The van der Waals surface area contributed by atoms with Crippen LogP contribution in [-0.2, 0) is 23.3 Å². The van der Waals surface area contributed by atoms with Crippen LogP contribution < -0.4 is 5.32 Å². The first-order valence-electron chi connectivity index (χ1n) is 6.87. The van der Waals surface area contributed by atoms with Gasteiger partial charge in [0, 0.05) is 7.05 Å². The molecular formula is C13H22ClN3O2S. The minimum absolute atomic E-state index is 0.207. The summed E-state index contributed by atoms with van der Waals surface area (Å²) in [5.41, 5.74) is 1.82. The predicted molar refractivity (Wildman–Crippen MR) is 80.8 cm³/mol. The maximum Gasteiger partial charge on any atom is 0.150 e. The molecule has 0 aliphatic carbocycles. The number of hydrogen-bond acceptors (Lipinski definition) is 4. The van der Waals surface area contributed by atoms with Crippen molar-refractivity contribution in [3.63, 3.8) is 0 Å². The first kappa shape index (κ1) is 15.8. The highest BCUT2D eigenvalue weighted by atomic mass is 35.5. The summed E-state index contributed by atoms with van der Waals surface area (Å²) in [5.74, 6) is 1.09. The number of hydrogen-bond donors (Lipinski definition) is 1. The molecule has 1 fully saturated rings. The van der Waals surface area contributed by atoms with Crippen LogP contribution in [0, 0.1) is 18.8 Å². The Balaban J connectivity index is 2.18. The SMILES string of the molecule is CNCC(Cc1c(Cl)c(C)nn1C)C1CCS(=O)(=O)C1. The number of sulfone groups is 1. The normalized spacial score (nSPS) is 23.1. The van der Waals surface area contributed by atoms with Gasteiger partial charge >= 0.3 is 0 Å². The Morgan fingerprint density at radius 1 is 1.55 bits per heavy atom. The standard InChI is InChI=1S/C13H22ClN3O2S/c1-9-13(14)12(17(3)16-9)6-11(7-15-2)10-4-5-20(18,19)8-10/h10-11,15H,4-8H2,1-3H3. The van der Waals surface area contributed by atoms with E-state index in [1.165, 1.54) is 0 Å². The Hall–Kier alpha value is -0.590. The Labute approximate surface area is 125 Å². The summed E-state index contributed by atoms with van der Waals surface area (Å²) in [6.45, 7) is 2.68. The van der Waals surface area contributed by atoms with Crippen LogP contribution in [0.15, 0.2) is 0 Å². The highest BCUT2D eigenvalue weighted by Gasteiger charge is 2.34. The van der Waals surface area contributed by atoms with Crippen molar-refractivity contribution in [2.24, 2.45) is 18.9 Å². The molecule has 114 valence electrons. The van der Waals surface area contributed by atoms with Crippen molar-refractivity contribution in [2.45, 2.75) is 19.8 Å². The van der Waals surface area contributed by atoms with Gasteiger partial charge in [0.2, 0.25) is 0 Å². The molecule has 0 spiro atoms. The van der Waals surface area contributed by atoms with Gasteiger partial charge in [-0.25, -0.2) is 8.42 Å². The minimum Gasteiger partial charge on any atom is -0.319 e. The second kappa shape index (κ2) is 6.03. The van der Waals surface area contributed by atoms with E-state index in [1.807, 2.05) is 25.7 Å². The summed E-state index contributed by atoms with van der Waals surface area (Å²) in [6, 6.07) is 0. The molecule has 1 N–H and O–H groups in total. The molecule has 2 rings (SSSR count). The lowest BCUT2D eigenvalue weighted by Gasteiger charge is -2.22. The number of aromatic nitrogens is 2. The highest BCUT2D eigenvalue weighted by molar-refractivity contribution is 7.91. The largest absolute Gasteiger partial charge is 0.319 e. The van der Waals surface area contributed by atoms with Crippen LogP contribution in [0.1, 0.15) is 17.8 Å². The lowest BCUT2D eigenvalue weighted by Crippen LogP contribution is -2.29. The molecule has 1 saturated heterocycles. The maximum atomic E-state index is 11.7. The van der Waals surface area contributed by atoms with Crippen molar-refractivity contribution >= 4 is 21.4 Å². The van der Waals surface area contributed by atoms with Gasteiger partial charge in [-0.15, -0.1) is 0 Å². The summed E-state index contributed by atoms with van der Waals surface area (Å²) < 4.78 is 25.2. The van der Waals surface area contributed by atoms with Crippen molar-refractivity contribution in [1.29, 1.82) is 0 Å². The predicted octanol–water partition coefficient (Wildman–Crippen LogP) is 1.19. The average molecular weight is 320 g/mol. The summed E-state index contributed by atoms with van der Waals surface area (Å²) in [5, 5.41) is 8.20. The first-order valence-corrected chi connectivity index (χ1v) is 9.07. The van der Waals surface area contributed by atoms with Crippen LogP contribution in [0.3, 0.4) is 0 Å². The Kier molecular flexibility index (Phi) is 4.76. The zero-order chi connectivity index (χ0) is 14.9. The van der Waals surface area contributed by atoms with Crippen molar-refractivity contribution in [3.05, 3.63) is 16.4 Å². The Morgan fingerprint density at radius 3 is 2.70 bits per heavy atom. The highest BCUT2D eigenvalue weighted by Crippen LogP contribution is 2.30. The quantitative estimate of drug-likeness (QED) is 0.885. The van der Waals surface area contributed by atoms with E-state index in [1.54, 1.807) is 0 Å². The van der Waals surface area contributed by atoms with E-state index in [2.05, 4.69) is 10.4 Å². The van der Waals surface area contributed by atoms with Gasteiger partial charge in [0.1, 0.15) is 0 Å². The van der Waals surface area contributed by atoms with Gasteiger partial charge in [-0.2, -0.15) is 5.10 Å². The molecule has 2 heterocycles. The topological polar surface area (TPSA) is 64.0 Å². The van der Waals surface area contributed by atoms with Gasteiger partial charge < -0.3 is 5.32 Å². The molecule has 0 aromatic carbocycles. The summed E-state index contributed by atoms with van der Waals surface area (Å²) in [7, 11) is 0.931. The summed E-state index contributed by atoms with van der Waals surface area (Å²) in [4.78, 5) is 0. The molecule has 0 amide bonds. The van der Waals surface area contributed by atoms with Gasteiger partial charge in [0.15, 0.2) is 9.84 Å². The molecule has 0 bridgehead atoms. The maximum absolute atomic E-state index is 11.7. The zero-order valence-corrected chi connectivity index (χ0v) is 13.8. The van der Waals surface area contributed by atoms with E-state index in [-0.39, 0.29) is 11.8 Å². The van der Waals surface area contributed by atoms with Crippen LogP contribution in [-0.4, -0.2) is 43.3 Å². The smallest absolute Gasteiger partial charge is 0.150 e. The molecule has 0 saturated carbocycles. The molecule has 1 aliphatic rings. The Bertz CT molecular complexity index is 583. The summed E-state index contributed by atoms with van der Waals surface area (Å²) >= 11 is 6.30. The minimum atomic E-state index is -2.85. The van der Waals surface area contributed by atoms with Crippen molar-refractivity contribution in [3.8, 4) is 0 Å². The fourth-order valence-corrected chi connectivity index (χ4v) is 5.17. The van der Waals surface area contributed by atoms with Crippen LogP contribution in [0.5, 0.6) is 0 Å². The lowest BCUT2D eigenvalue weighted by atomic mass is 9.87. The van der Waals surface area contributed by atoms with Gasteiger partial charge in [0.05, 0.1) is 27.9 Å². The fourth-order valence-electron chi connectivity index (χ4n) is 3.01.